The fourth-order valence-electron chi connectivity index (χ4n) is 2.69. The molecule has 22 heavy (non-hydrogen) atoms. The Balaban J connectivity index is 2.09. The number of hydrogen-bond acceptors (Lipinski definition) is 4. The lowest BCUT2D eigenvalue weighted by molar-refractivity contribution is 0.275. The van der Waals surface area contributed by atoms with Crippen LogP contribution in [0.5, 0.6) is 0 Å². The smallest absolute Gasteiger partial charge is 0.213 e. The van der Waals surface area contributed by atoms with Crippen molar-refractivity contribution >= 4 is 16.3 Å². The predicted octanol–water partition coefficient (Wildman–Crippen LogP) is 4.16. The Morgan fingerprint density at radius 2 is 1.86 bits per heavy atom. The maximum Gasteiger partial charge on any atom is 0.213 e. The van der Waals surface area contributed by atoms with Crippen molar-refractivity contribution in [2.75, 3.05) is 0 Å². The average Bonchev–Trinajstić information content (AvgIpc) is 3.06. The molecular weight excluding hydrogens is 294 g/mol. The van der Waals surface area contributed by atoms with Crippen molar-refractivity contribution in [3.05, 3.63) is 40.5 Å². The van der Waals surface area contributed by atoms with Crippen LogP contribution in [0.2, 0.25) is 0 Å². The molecule has 0 spiro atoms. The van der Waals surface area contributed by atoms with Crippen molar-refractivity contribution in [2.24, 2.45) is 0 Å². The molecule has 0 aliphatic heterocycles. The van der Waals surface area contributed by atoms with Gasteiger partial charge in [-0.05, 0) is 19.8 Å². The molecule has 0 atom stereocenters. The Labute approximate surface area is 134 Å². The topological polar surface area (TPSA) is 50.4 Å². The van der Waals surface area contributed by atoms with E-state index in [0.717, 1.165) is 39.8 Å². The first-order valence-electron chi connectivity index (χ1n) is 7.74. The van der Waals surface area contributed by atoms with Crippen LogP contribution in [0.15, 0.2) is 24.3 Å². The molecule has 3 aromatic rings. The van der Waals surface area contributed by atoms with Gasteiger partial charge in [0.15, 0.2) is 0 Å². The molecule has 0 saturated heterocycles. The molecule has 116 valence electrons. The second kappa shape index (κ2) is 6.18. The van der Waals surface area contributed by atoms with Crippen molar-refractivity contribution in [1.82, 2.24) is 14.6 Å². The second-order valence-electron chi connectivity index (χ2n) is 5.58. The summed E-state index contributed by atoms with van der Waals surface area (Å²) in [7, 11) is 0. The molecule has 0 aliphatic carbocycles. The van der Waals surface area contributed by atoms with Gasteiger partial charge in [0.1, 0.15) is 5.01 Å². The van der Waals surface area contributed by atoms with Gasteiger partial charge < -0.3 is 5.11 Å². The van der Waals surface area contributed by atoms with Gasteiger partial charge >= 0.3 is 0 Å². The SMILES string of the molecule is CCC(CC)c1nn2c(CO)c(-c3ccc(C)cc3)nc2s1. The third-order valence-corrected chi connectivity index (χ3v) is 5.19. The number of aromatic nitrogens is 3. The first kappa shape index (κ1) is 15.2. The lowest BCUT2D eigenvalue weighted by Gasteiger charge is -2.06. The van der Waals surface area contributed by atoms with Gasteiger partial charge in [0.25, 0.3) is 0 Å². The number of imidazole rings is 1. The van der Waals surface area contributed by atoms with Crippen molar-refractivity contribution in [3.8, 4) is 11.3 Å². The summed E-state index contributed by atoms with van der Waals surface area (Å²) in [5.74, 6) is 0.473. The Morgan fingerprint density at radius 1 is 1.18 bits per heavy atom. The average molecular weight is 315 g/mol. The van der Waals surface area contributed by atoms with E-state index in [0.29, 0.717) is 5.92 Å². The zero-order valence-electron chi connectivity index (χ0n) is 13.2. The van der Waals surface area contributed by atoms with Crippen molar-refractivity contribution in [2.45, 2.75) is 46.1 Å². The highest BCUT2D eigenvalue weighted by Crippen LogP contribution is 2.31. The summed E-state index contributed by atoms with van der Waals surface area (Å²) in [5, 5.41) is 15.6. The van der Waals surface area contributed by atoms with Crippen molar-refractivity contribution < 1.29 is 5.11 Å². The Morgan fingerprint density at radius 3 is 2.45 bits per heavy atom. The van der Waals surface area contributed by atoms with E-state index in [9.17, 15) is 5.11 Å². The Hall–Kier alpha value is -1.72. The van der Waals surface area contributed by atoms with Crippen LogP contribution in [0.25, 0.3) is 16.2 Å². The Bertz CT molecular complexity index is 769. The molecule has 0 aliphatic rings. The molecule has 0 amide bonds. The number of rotatable bonds is 5. The highest BCUT2D eigenvalue weighted by atomic mass is 32.1. The van der Waals surface area contributed by atoms with E-state index in [2.05, 4.69) is 32.9 Å². The van der Waals surface area contributed by atoms with Gasteiger partial charge in [-0.1, -0.05) is 55.0 Å². The lowest BCUT2D eigenvalue weighted by atomic mass is 10.1. The van der Waals surface area contributed by atoms with Crippen LogP contribution in [0, 0.1) is 6.92 Å². The predicted molar refractivity (Wildman–Crippen MR) is 90.3 cm³/mol. The number of aryl methyl sites for hydroxylation is 1. The summed E-state index contributed by atoms with van der Waals surface area (Å²) in [6, 6.07) is 8.21. The van der Waals surface area contributed by atoms with Crippen LogP contribution in [-0.4, -0.2) is 19.7 Å². The van der Waals surface area contributed by atoms with Gasteiger partial charge in [-0.2, -0.15) is 5.10 Å². The number of fused-ring (bicyclic) bond motifs is 1. The van der Waals surface area contributed by atoms with Gasteiger partial charge in [-0.25, -0.2) is 9.50 Å². The first-order chi connectivity index (χ1) is 10.7. The summed E-state index contributed by atoms with van der Waals surface area (Å²) >= 11 is 1.63. The zero-order valence-corrected chi connectivity index (χ0v) is 14.0. The first-order valence-corrected chi connectivity index (χ1v) is 8.55. The fourth-order valence-corrected chi connectivity index (χ4v) is 3.88. The molecule has 0 bridgehead atoms. The van der Waals surface area contributed by atoms with Gasteiger partial charge in [0.2, 0.25) is 4.96 Å². The molecule has 0 saturated carbocycles. The largest absolute Gasteiger partial charge is 0.390 e. The van der Waals surface area contributed by atoms with E-state index in [-0.39, 0.29) is 6.61 Å². The minimum atomic E-state index is -0.0591. The Kier molecular flexibility index (Phi) is 4.27. The quantitative estimate of drug-likeness (QED) is 0.769. The molecule has 3 rings (SSSR count). The summed E-state index contributed by atoms with van der Waals surface area (Å²) in [5.41, 5.74) is 3.84. The van der Waals surface area contributed by atoms with Crippen molar-refractivity contribution in [3.63, 3.8) is 0 Å². The van der Waals surface area contributed by atoms with Gasteiger partial charge in [-0.15, -0.1) is 0 Å². The molecular formula is C17H21N3OS. The van der Waals surface area contributed by atoms with Crippen LogP contribution in [0.4, 0.5) is 0 Å². The van der Waals surface area contributed by atoms with E-state index in [1.165, 1.54) is 5.56 Å². The molecule has 4 nitrogen and oxygen atoms in total. The van der Waals surface area contributed by atoms with Crippen LogP contribution < -0.4 is 0 Å². The summed E-state index contributed by atoms with van der Waals surface area (Å²) in [4.78, 5) is 5.58. The van der Waals surface area contributed by atoms with Crippen molar-refractivity contribution in [1.29, 1.82) is 0 Å². The van der Waals surface area contributed by atoms with Crippen LogP contribution >= 0.6 is 11.3 Å². The number of nitrogens with zero attached hydrogens (tertiary/aromatic N) is 3. The van der Waals surface area contributed by atoms with E-state index in [4.69, 9.17) is 10.1 Å². The number of aliphatic hydroxyl groups is 1. The minimum absolute atomic E-state index is 0.0591. The third kappa shape index (κ3) is 2.55. The van der Waals surface area contributed by atoms with E-state index in [1.54, 1.807) is 11.3 Å². The maximum absolute atomic E-state index is 9.79. The number of benzene rings is 1. The molecule has 1 N–H and O–H groups in total. The van der Waals surface area contributed by atoms with Crippen LogP contribution in [-0.2, 0) is 6.61 Å². The van der Waals surface area contributed by atoms with Gasteiger partial charge in [-0.3, -0.25) is 0 Å². The van der Waals surface area contributed by atoms with E-state index in [1.807, 2.05) is 16.6 Å². The lowest BCUT2D eigenvalue weighted by Crippen LogP contribution is -1.99. The van der Waals surface area contributed by atoms with E-state index >= 15 is 0 Å². The summed E-state index contributed by atoms with van der Waals surface area (Å²) in [6.45, 7) is 6.37. The number of hydrogen-bond donors (Lipinski definition) is 1. The fraction of sp³-hybridized carbons (Fsp3) is 0.412. The van der Waals surface area contributed by atoms with Crippen LogP contribution in [0.3, 0.4) is 0 Å². The van der Waals surface area contributed by atoms with Crippen LogP contribution in [0.1, 0.15) is 48.9 Å². The van der Waals surface area contributed by atoms with Gasteiger partial charge in [0.05, 0.1) is 18.0 Å². The molecule has 5 heteroatoms. The number of aliphatic hydroxyl groups excluding tert-OH is 1. The highest BCUT2D eigenvalue weighted by Gasteiger charge is 2.20. The summed E-state index contributed by atoms with van der Waals surface area (Å²) < 4.78 is 1.81. The van der Waals surface area contributed by atoms with Gasteiger partial charge in [0, 0.05) is 11.5 Å². The zero-order chi connectivity index (χ0) is 15.7. The third-order valence-electron chi connectivity index (χ3n) is 4.12. The monoisotopic (exact) mass is 315 g/mol. The second-order valence-corrected chi connectivity index (χ2v) is 6.57. The summed E-state index contributed by atoms with van der Waals surface area (Å²) in [6.07, 6.45) is 2.15. The standard InChI is InChI=1S/C17H21N3OS/c1-4-12(5-2)16-19-20-14(10-21)15(18-17(20)22-16)13-8-6-11(3)7-9-13/h6-9,12,21H,4-5,10H2,1-3H3. The molecule has 2 aromatic heterocycles. The molecule has 1 aromatic carbocycles. The molecule has 0 fully saturated rings. The molecule has 0 unspecified atom stereocenters. The maximum atomic E-state index is 9.79. The molecule has 0 radical (unpaired) electrons. The van der Waals surface area contributed by atoms with E-state index < -0.39 is 0 Å². The highest BCUT2D eigenvalue weighted by molar-refractivity contribution is 7.16. The minimum Gasteiger partial charge on any atom is -0.390 e. The normalized spacial score (nSPS) is 11.7. The molecule has 2 heterocycles.